The van der Waals surface area contributed by atoms with E-state index in [1.54, 1.807) is 20.0 Å². The highest BCUT2D eigenvalue weighted by molar-refractivity contribution is 5.76. The molecule has 158 valence electrons. The van der Waals surface area contributed by atoms with Crippen molar-refractivity contribution in [1.29, 1.82) is 0 Å². The summed E-state index contributed by atoms with van der Waals surface area (Å²) in [5, 5.41) is 12.9. The Labute approximate surface area is 172 Å². The minimum absolute atomic E-state index is 0.00230. The first kappa shape index (κ1) is 20.1. The van der Waals surface area contributed by atoms with Gasteiger partial charge in [0.1, 0.15) is 0 Å². The van der Waals surface area contributed by atoms with E-state index in [1.165, 1.54) is 5.56 Å². The molecule has 1 aromatic heterocycles. The van der Waals surface area contributed by atoms with Crippen LogP contribution in [0.5, 0.6) is 0 Å². The molecule has 1 aliphatic carbocycles. The van der Waals surface area contributed by atoms with E-state index < -0.39 is 5.60 Å². The van der Waals surface area contributed by atoms with Crippen LogP contribution >= 0.6 is 0 Å². The molecule has 4 rings (SSSR count). The predicted molar refractivity (Wildman–Crippen MR) is 109 cm³/mol. The Balaban J connectivity index is 1.18. The van der Waals surface area contributed by atoms with Crippen LogP contribution in [0.15, 0.2) is 18.5 Å². The summed E-state index contributed by atoms with van der Waals surface area (Å²) in [5.74, 6) is 0.669. The Morgan fingerprint density at radius 1 is 1.24 bits per heavy atom. The van der Waals surface area contributed by atoms with Gasteiger partial charge in [0.05, 0.1) is 5.60 Å². The molecule has 0 radical (unpaired) electrons. The van der Waals surface area contributed by atoms with E-state index in [0.29, 0.717) is 37.3 Å². The molecule has 29 heavy (non-hydrogen) atoms. The number of aliphatic hydroxyl groups is 1. The number of carbonyl (C=O) groups excluding carboxylic acids is 2. The maximum absolute atomic E-state index is 12.5. The van der Waals surface area contributed by atoms with Gasteiger partial charge in [0.15, 0.2) is 0 Å². The summed E-state index contributed by atoms with van der Waals surface area (Å²) in [6, 6.07) is 1.98. The SMILES string of the molecule is CC(C)(O)CCC(=O)N1CCC2(CC1)CC2CNC(=O)N1Cc2ccncc2C1. The second kappa shape index (κ2) is 7.59. The van der Waals surface area contributed by atoms with E-state index in [-0.39, 0.29) is 11.9 Å². The molecule has 3 heterocycles. The highest BCUT2D eigenvalue weighted by atomic mass is 16.3. The third-order valence-corrected chi connectivity index (χ3v) is 6.94. The molecule has 1 unspecified atom stereocenters. The van der Waals surface area contributed by atoms with Crippen LogP contribution in [-0.2, 0) is 17.9 Å². The van der Waals surface area contributed by atoms with Crippen LogP contribution in [-0.4, -0.2) is 57.1 Å². The molecule has 1 spiro atoms. The van der Waals surface area contributed by atoms with Crippen molar-refractivity contribution in [2.75, 3.05) is 19.6 Å². The van der Waals surface area contributed by atoms with Gasteiger partial charge in [0, 0.05) is 51.5 Å². The number of aromatic nitrogens is 1. The Hall–Kier alpha value is -2.15. The van der Waals surface area contributed by atoms with Crippen molar-refractivity contribution in [3.8, 4) is 0 Å². The first-order chi connectivity index (χ1) is 13.8. The molecular weight excluding hydrogens is 368 g/mol. The lowest BCUT2D eigenvalue weighted by Gasteiger charge is -2.33. The molecule has 1 aromatic rings. The van der Waals surface area contributed by atoms with E-state index in [1.807, 2.05) is 22.1 Å². The van der Waals surface area contributed by atoms with Gasteiger partial charge in [-0.1, -0.05) is 0 Å². The summed E-state index contributed by atoms with van der Waals surface area (Å²) in [5.41, 5.74) is 1.82. The molecule has 7 heteroatoms. The van der Waals surface area contributed by atoms with Crippen LogP contribution in [0.2, 0.25) is 0 Å². The largest absolute Gasteiger partial charge is 0.390 e. The van der Waals surface area contributed by atoms with Crippen LogP contribution in [0.25, 0.3) is 0 Å². The molecule has 2 N–H and O–H groups in total. The maximum atomic E-state index is 12.5. The number of pyridine rings is 1. The van der Waals surface area contributed by atoms with Crippen LogP contribution in [0.3, 0.4) is 0 Å². The first-order valence-corrected chi connectivity index (χ1v) is 10.7. The molecule has 2 aliphatic heterocycles. The number of rotatable bonds is 5. The zero-order valence-corrected chi connectivity index (χ0v) is 17.5. The third kappa shape index (κ3) is 4.55. The molecular formula is C22H32N4O3. The lowest BCUT2D eigenvalue weighted by molar-refractivity contribution is -0.134. The number of hydrogen-bond acceptors (Lipinski definition) is 4. The molecule has 0 bridgehead atoms. The fraction of sp³-hybridized carbons (Fsp3) is 0.682. The number of nitrogens with one attached hydrogen (secondary N) is 1. The van der Waals surface area contributed by atoms with Gasteiger partial charge >= 0.3 is 6.03 Å². The van der Waals surface area contributed by atoms with Crippen molar-refractivity contribution in [1.82, 2.24) is 20.1 Å². The molecule has 3 aliphatic rings. The molecule has 7 nitrogen and oxygen atoms in total. The molecule has 0 aromatic carbocycles. The van der Waals surface area contributed by atoms with Crippen LogP contribution in [0, 0.1) is 11.3 Å². The van der Waals surface area contributed by atoms with E-state index >= 15 is 0 Å². The summed E-state index contributed by atoms with van der Waals surface area (Å²) >= 11 is 0. The summed E-state index contributed by atoms with van der Waals surface area (Å²) in [6.07, 6.45) is 7.70. The van der Waals surface area contributed by atoms with Gasteiger partial charge in [-0.3, -0.25) is 9.78 Å². The van der Waals surface area contributed by atoms with Crippen molar-refractivity contribution in [2.45, 2.75) is 64.6 Å². The number of fused-ring (bicyclic) bond motifs is 1. The zero-order valence-electron chi connectivity index (χ0n) is 17.5. The molecule has 2 fully saturated rings. The second-order valence-electron chi connectivity index (χ2n) is 9.64. The molecule has 1 atom stereocenters. The summed E-state index contributed by atoms with van der Waals surface area (Å²) < 4.78 is 0. The minimum atomic E-state index is -0.792. The maximum Gasteiger partial charge on any atom is 0.318 e. The fourth-order valence-corrected chi connectivity index (χ4v) is 4.79. The van der Waals surface area contributed by atoms with Gasteiger partial charge in [0.25, 0.3) is 0 Å². The van der Waals surface area contributed by atoms with Gasteiger partial charge in [-0.25, -0.2) is 4.79 Å². The summed E-state index contributed by atoms with van der Waals surface area (Å²) in [7, 11) is 0. The average molecular weight is 401 g/mol. The van der Waals surface area contributed by atoms with Crippen molar-refractivity contribution in [3.63, 3.8) is 0 Å². The number of urea groups is 1. The highest BCUT2D eigenvalue weighted by Crippen LogP contribution is 2.59. The van der Waals surface area contributed by atoms with Gasteiger partial charge in [-0.2, -0.15) is 0 Å². The molecule has 1 saturated carbocycles. The lowest BCUT2D eigenvalue weighted by Crippen LogP contribution is -2.41. The fourth-order valence-electron chi connectivity index (χ4n) is 4.79. The third-order valence-electron chi connectivity index (χ3n) is 6.94. The van der Waals surface area contributed by atoms with Crippen LogP contribution in [0.4, 0.5) is 4.79 Å². The number of piperidine rings is 1. The standard InChI is InChI=1S/C22H32N4O3/c1-21(2,29)5-3-19(27)25-9-6-22(7-10-25)11-18(22)13-24-20(28)26-14-16-4-8-23-12-17(16)15-26/h4,8,12,18,29H,3,5-7,9-11,13-15H2,1-2H3,(H,24,28). The quantitative estimate of drug-likeness (QED) is 0.794. The van der Waals surface area contributed by atoms with E-state index in [9.17, 15) is 14.7 Å². The van der Waals surface area contributed by atoms with E-state index in [2.05, 4.69) is 10.3 Å². The molecule has 3 amide bonds. The average Bonchev–Trinajstić information content (AvgIpc) is 3.16. The van der Waals surface area contributed by atoms with Crippen molar-refractivity contribution in [2.24, 2.45) is 11.3 Å². The van der Waals surface area contributed by atoms with Gasteiger partial charge in [-0.15, -0.1) is 0 Å². The topological polar surface area (TPSA) is 85.8 Å². The number of hydrogen-bond donors (Lipinski definition) is 2. The zero-order chi connectivity index (χ0) is 20.6. The van der Waals surface area contributed by atoms with Crippen LogP contribution < -0.4 is 5.32 Å². The monoisotopic (exact) mass is 400 g/mol. The highest BCUT2D eigenvalue weighted by Gasteiger charge is 2.54. The lowest BCUT2D eigenvalue weighted by atomic mass is 9.90. The minimum Gasteiger partial charge on any atom is -0.390 e. The van der Waals surface area contributed by atoms with Crippen molar-refractivity contribution < 1.29 is 14.7 Å². The van der Waals surface area contributed by atoms with E-state index in [4.69, 9.17) is 0 Å². The van der Waals surface area contributed by atoms with Crippen molar-refractivity contribution >= 4 is 11.9 Å². The van der Waals surface area contributed by atoms with Crippen molar-refractivity contribution in [3.05, 3.63) is 29.6 Å². The van der Waals surface area contributed by atoms with Gasteiger partial charge < -0.3 is 20.2 Å². The molecule has 1 saturated heterocycles. The van der Waals surface area contributed by atoms with Gasteiger partial charge in [-0.05, 0) is 68.1 Å². The Morgan fingerprint density at radius 3 is 2.66 bits per heavy atom. The Kier molecular flexibility index (Phi) is 5.27. The normalized spacial score (nSPS) is 22.5. The summed E-state index contributed by atoms with van der Waals surface area (Å²) in [6.45, 7) is 7.08. The predicted octanol–water partition coefficient (Wildman–Crippen LogP) is 2.29. The van der Waals surface area contributed by atoms with Gasteiger partial charge in [0.2, 0.25) is 5.91 Å². The number of carbonyl (C=O) groups is 2. The smallest absolute Gasteiger partial charge is 0.318 e. The van der Waals surface area contributed by atoms with Crippen LogP contribution in [0.1, 0.15) is 57.1 Å². The summed E-state index contributed by atoms with van der Waals surface area (Å²) in [4.78, 5) is 32.8. The number of likely N-dealkylation sites (tertiary alicyclic amines) is 1. The number of amides is 3. The first-order valence-electron chi connectivity index (χ1n) is 10.7. The Bertz CT molecular complexity index is 756. The Morgan fingerprint density at radius 2 is 1.97 bits per heavy atom. The number of nitrogens with zero attached hydrogens (tertiary/aromatic N) is 3. The second-order valence-corrected chi connectivity index (χ2v) is 9.64. The van der Waals surface area contributed by atoms with E-state index in [0.717, 1.165) is 44.5 Å².